The van der Waals surface area contributed by atoms with Crippen molar-refractivity contribution in [3.8, 4) is 0 Å². The molecule has 0 N–H and O–H groups in total. The zero-order valence-corrected chi connectivity index (χ0v) is 11.5. The molecular weight excluding hydrogens is 251 g/mol. The third kappa shape index (κ3) is 3.05. The first-order valence-corrected chi connectivity index (χ1v) is 7.22. The van der Waals surface area contributed by atoms with E-state index in [0.717, 1.165) is 30.8 Å². The number of benzene rings is 1. The van der Waals surface area contributed by atoms with Gasteiger partial charge in [0.05, 0.1) is 5.69 Å². The molecule has 0 spiro atoms. The van der Waals surface area contributed by atoms with E-state index in [0.29, 0.717) is 6.04 Å². The highest BCUT2D eigenvalue weighted by Gasteiger charge is 2.24. The number of rotatable bonds is 3. The Labute approximate surface area is 119 Å². The van der Waals surface area contributed by atoms with Crippen molar-refractivity contribution in [2.45, 2.75) is 31.8 Å². The summed E-state index contributed by atoms with van der Waals surface area (Å²) in [7, 11) is 0. The standard InChI is InChI=1S/C17H19FN2/c18-15-7-5-6-14(12-15)17-9-2-4-11-20(17)13-16-8-1-3-10-19-16/h1,3,5-8,10,12,17H,2,4,9,11,13H2/t17-/m0/s1. The summed E-state index contributed by atoms with van der Waals surface area (Å²) in [4.78, 5) is 6.82. The number of likely N-dealkylation sites (tertiary alicyclic amines) is 1. The van der Waals surface area contributed by atoms with Gasteiger partial charge >= 0.3 is 0 Å². The Morgan fingerprint density at radius 1 is 1.15 bits per heavy atom. The lowest BCUT2D eigenvalue weighted by atomic mass is 9.95. The number of piperidine rings is 1. The molecule has 0 radical (unpaired) electrons. The summed E-state index contributed by atoms with van der Waals surface area (Å²) < 4.78 is 13.4. The minimum absolute atomic E-state index is 0.147. The third-order valence-corrected chi connectivity index (χ3v) is 3.94. The summed E-state index contributed by atoms with van der Waals surface area (Å²) >= 11 is 0. The highest BCUT2D eigenvalue weighted by Crippen LogP contribution is 2.32. The van der Waals surface area contributed by atoms with Crippen molar-refractivity contribution in [2.24, 2.45) is 0 Å². The van der Waals surface area contributed by atoms with Crippen LogP contribution in [0.25, 0.3) is 0 Å². The van der Waals surface area contributed by atoms with Crippen LogP contribution in [0, 0.1) is 5.82 Å². The fourth-order valence-corrected chi connectivity index (χ4v) is 2.97. The van der Waals surface area contributed by atoms with E-state index >= 15 is 0 Å². The van der Waals surface area contributed by atoms with Gasteiger partial charge in [-0.3, -0.25) is 9.88 Å². The molecule has 1 aromatic heterocycles. The highest BCUT2D eigenvalue weighted by atomic mass is 19.1. The van der Waals surface area contributed by atoms with Crippen LogP contribution in [0.15, 0.2) is 48.7 Å². The molecule has 20 heavy (non-hydrogen) atoms. The molecule has 3 heteroatoms. The second-order valence-electron chi connectivity index (χ2n) is 5.36. The van der Waals surface area contributed by atoms with Crippen LogP contribution in [0.5, 0.6) is 0 Å². The minimum Gasteiger partial charge on any atom is -0.291 e. The van der Waals surface area contributed by atoms with Gasteiger partial charge in [-0.05, 0) is 49.2 Å². The van der Waals surface area contributed by atoms with Crippen LogP contribution in [-0.2, 0) is 6.54 Å². The van der Waals surface area contributed by atoms with Crippen molar-refractivity contribution in [1.82, 2.24) is 9.88 Å². The van der Waals surface area contributed by atoms with Gasteiger partial charge in [0.1, 0.15) is 5.82 Å². The minimum atomic E-state index is -0.147. The maximum Gasteiger partial charge on any atom is 0.123 e. The number of hydrogen-bond acceptors (Lipinski definition) is 2. The Morgan fingerprint density at radius 3 is 2.90 bits per heavy atom. The molecule has 1 aliphatic heterocycles. The zero-order chi connectivity index (χ0) is 13.8. The Hall–Kier alpha value is -1.74. The quantitative estimate of drug-likeness (QED) is 0.839. The molecule has 1 saturated heterocycles. The van der Waals surface area contributed by atoms with Gasteiger partial charge in [0.25, 0.3) is 0 Å². The average molecular weight is 270 g/mol. The summed E-state index contributed by atoms with van der Waals surface area (Å²) in [6, 6.07) is 13.3. The van der Waals surface area contributed by atoms with Crippen LogP contribution in [0.1, 0.15) is 36.6 Å². The molecule has 104 valence electrons. The number of aromatic nitrogens is 1. The van der Waals surface area contributed by atoms with E-state index in [1.165, 1.54) is 18.9 Å². The van der Waals surface area contributed by atoms with Crippen molar-refractivity contribution in [3.63, 3.8) is 0 Å². The van der Waals surface area contributed by atoms with E-state index in [1.54, 1.807) is 12.1 Å². The molecule has 3 rings (SSSR count). The van der Waals surface area contributed by atoms with Gasteiger partial charge in [0.15, 0.2) is 0 Å². The van der Waals surface area contributed by atoms with Gasteiger partial charge in [0.2, 0.25) is 0 Å². The second kappa shape index (κ2) is 6.14. The van der Waals surface area contributed by atoms with Crippen molar-refractivity contribution in [2.75, 3.05) is 6.54 Å². The first-order valence-electron chi connectivity index (χ1n) is 7.22. The van der Waals surface area contributed by atoms with Crippen LogP contribution in [-0.4, -0.2) is 16.4 Å². The van der Waals surface area contributed by atoms with Crippen molar-refractivity contribution in [1.29, 1.82) is 0 Å². The van der Waals surface area contributed by atoms with Crippen molar-refractivity contribution < 1.29 is 4.39 Å². The molecule has 0 aliphatic carbocycles. The highest BCUT2D eigenvalue weighted by molar-refractivity contribution is 5.21. The van der Waals surface area contributed by atoms with Gasteiger partial charge in [-0.1, -0.05) is 24.6 Å². The molecule has 0 saturated carbocycles. The summed E-state index contributed by atoms with van der Waals surface area (Å²) in [6.45, 7) is 1.89. The average Bonchev–Trinajstić information content (AvgIpc) is 2.49. The zero-order valence-electron chi connectivity index (χ0n) is 11.5. The normalized spacial score (nSPS) is 19.9. The lowest BCUT2D eigenvalue weighted by molar-refractivity contribution is 0.138. The lowest BCUT2D eigenvalue weighted by Crippen LogP contribution is -2.33. The molecule has 2 heterocycles. The largest absolute Gasteiger partial charge is 0.291 e. The maximum atomic E-state index is 13.4. The topological polar surface area (TPSA) is 16.1 Å². The Balaban J connectivity index is 1.80. The molecule has 0 bridgehead atoms. The fourth-order valence-electron chi connectivity index (χ4n) is 2.97. The van der Waals surface area contributed by atoms with Gasteiger partial charge in [-0.15, -0.1) is 0 Å². The third-order valence-electron chi connectivity index (χ3n) is 3.94. The SMILES string of the molecule is Fc1cccc([C@@H]2CCCCN2Cc2ccccn2)c1. The van der Waals surface area contributed by atoms with Gasteiger partial charge in [-0.25, -0.2) is 4.39 Å². The summed E-state index contributed by atoms with van der Waals surface area (Å²) in [5, 5.41) is 0. The molecule has 1 aromatic carbocycles. The van der Waals surface area contributed by atoms with Gasteiger partial charge in [-0.2, -0.15) is 0 Å². The Bertz CT molecular complexity index is 556. The van der Waals surface area contributed by atoms with E-state index in [1.807, 2.05) is 24.4 Å². The first-order chi connectivity index (χ1) is 9.83. The number of pyridine rings is 1. The smallest absolute Gasteiger partial charge is 0.123 e. The van der Waals surface area contributed by atoms with Crippen LogP contribution in [0.3, 0.4) is 0 Å². The molecule has 2 nitrogen and oxygen atoms in total. The van der Waals surface area contributed by atoms with E-state index in [-0.39, 0.29) is 5.82 Å². The molecule has 0 unspecified atom stereocenters. The first kappa shape index (κ1) is 13.3. The molecule has 1 fully saturated rings. The van der Waals surface area contributed by atoms with E-state index in [9.17, 15) is 4.39 Å². The fraction of sp³-hybridized carbons (Fsp3) is 0.353. The molecule has 1 aliphatic rings. The van der Waals surface area contributed by atoms with Crippen LogP contribution < -0.4 is 0 Å². The van der Waals surface area contributed by atoms with E-state index < -0.39 is 0 Å². The number of halogens is 1. The molecule has 0 amide bonds. The predicted octanol–water partition coefficient (Wildman–Crippen LogP) is 3.95. The summed E-state index contributed by atoms with van der Waals surface area (Å²) in [5.41, 5.74) is 2.16. The van der Waals surface area contributed by atoms with Crippen molar-refractivity contribution >= 4 is 0 Å². The van der Waals surface area contributed by atoms with Crippen LogP contribution >= 0.6 is 0 Å². The summed E-state index contributed by atoms with van der Waals surface area (Å²) in [6.07, 6.45) is 5.34. The number of hydrogen-bond donors (Lipinski definition) is 0. The second-order valence-corrected chi connectivity index (χ2v) is 5.36. The van der Waals surface area contributed by atoms with Gasteiger partial charge in [0, 0.05) is 18.8 Å². The monoisotopic (exact) mass is 270 g/mol. The van der Waals surface area contributed by atoms with Crippen LogP contribution in [0.4, 0.5) is 4.39 Å². The Morgan fingerprint density at radius 2 is 2.10 bits per heavy atom. The van der Waals surface area contributed by atoms with Crippen molar-refractivity contribution in [3.05, 3.63) is 65.7 Å². The molecular formula is C17H19FN2. The molecule has 2 aromatic rings. The number of nitrogens with zero attached hydrogens (tertiary/aromatic N) is 2. The molecule has 1 atom stereocenters. The van der Waals surface area contributed by atoms with Gasteiger partial charge < -0.3 is 0 Å². The summed E-state index contributed by atoms with van der Waals surface area (Å²) in [5.74, 6) is -0.147. The van der Waals surface area contributed by atoms with Crippen LogP contribution in [0.2, 0.25) is 0 Å². The predicted molar refractivity (Wildman–Crippen MR) is 77.6 cm³/mol. The lowest BCUT2D eigenvalue weighted by Gasteiger charge is -2.35. The van der Waals surface area contributed by atoms with E-state index in [2.05, 4.69) is 16.0 Å². The Kier molecular flexibility index (Phi) is 4.07. The maximum absolute atomic E-state index is 13.4. The van der Waals surface area contributed by atoms with E-state index in [4.69, 9.17) is 0 Å².